The summed E-state index contributed by atoms with van der Waals surface area (Å²) < 4.78 is 0. The quantitative estimate of drug-likeness (QED) is 0.733. The highest BCUT2D eigenvalue weighted by Gasteiger charge is 2.03. The fourth-order valence-electron chi connectivity index (χ4n) is 1.75. The van der Waals surface area contributed by atoms with Gasteiger partial charge in [0.05, 0.1) is 0 Å². The van der Waals surface area contributed by atoms with Crippen LogP contribution in [0, 0.1) is 5.92 Å². The normalized spacial score (nSPS) is 14.9. The number of hydrogen-bond acceptors (Lipinski definition) is 3. The first-order chi connectivity index (χ1) is 7.68. The third kappa shape index (κ3) is 6.26. The van der Waals surface area contributed by atoms with Crippen molar-refractivity contribution in [3.8, 4) is 0 Å². The zero-order valence-corrected chi connectivity index (χ0v) is 11.2. The maximum absolute atomic E-state index is 5.73. The van der Waals surface area contributed by atoms with Crippen molar-refractivity contribution in [3.63, 3.8) is 0 Å². The third-order valence-electron chi connectivity index (χ3n) is 2.76. The minimum absolute atomic E-state index is 0.353. The molecule has 0 spiro atoms. The summed E-state index contributed by atoms with van der Waals surface area (Å²) in [7, 11) is 0. The number of rotatable bonds is 8. The lowest BCUT2D eigenvalue weighted by Crippen LogP contribution is -2.21. The Hall–Kier alpha value is -0.380. The van der Waals surface area contributed by atoms with E-state index in [1.807, 2.05) is 0 Å². The van der Waals surface area contributed by atoms with Crippen LogP contribution >= 0.6 is 11.3 Å². The highest BCUT2D eigenvalue weighted by molar-refractivity contribution is 7.07. The summed E-state index contributed by atoms with van der Waals surface area (Å²) in [5.74, 6) is 0.748. The average Bonchev–Trinajstić information content (AvgIpc) is 2.70. The summed E-state index contributed by atoms with van der Waals surface area (Å²) in [5, 5.41) is 7.83. The fourth-order valence-corrected chi connectivity index (χ4v) is 2.42. The van der Waals surface area contributed by atoms with E-state index in [0.717, 1.165) is 25.4 Å². The van der Waals surface area contributed by atoms with E-state index < -0.39 is 0 Å². The van der Waals surface area contributed by atoms with Gasteiger partial charge in [0.15, 0.2) is 0 Å². The lowest BCUT2D eigenvalue weighted by Gasteiger charge is -2.13. The molecule has 0 radical (unpaired) electrons. The molecule has 0 aliphatic heterocycles. The Balaban J connectivity index is 2.00. The minimum Gasteiger partial charge on any atom is -0.328 e. The first-order valence-electron chi connectivity index (χ1n) is 6.16. The molecule has 1 heterocycles. The second-order valence-electron chi connectivity index (χ2n) is 4.78. The molecule has 2 atom stereocenters. The molecule has 0 aliphatic carbocycles. The molecule has 0 aliphatic rings. The average molecular weight is 240 g/mol. The molecule has 0 bridgehead atoms. The molecular weight excluding hydrogens is 216 g/mol. The molecule has 3 N–H and O–H groups in total. The van der Waals surface area contributed by atoms with E-state index in [1.54, 1.807) is 11.3 Å². The Labute approximate surface area is 103 Å². The van der Waals surface area contributed by atoms with Crippen LogP contribution in [0.2, 0.25) is 0 Å². The van der Waals surface area contributed by atoms with Gasteiger partial charge in [0, 0.05) is 12.6 Å². The Kier molecular flexibility index (Phi) is 6.69. The molecule has 1 rings (SSSR count). The Morgan fingerprint density at radius 2 is 2.19 bits per heavy atom. The van der Waals surface area contributed by atoms with Crippen molar-refractivity contribution >= 4 is 11.3 Å². The zero-order valence-electron chi connectivity index (χ0n) is 10.4. The van der Waals surface area contributed by atoms with Crippen molar-refractivity contribution in [1.29, 1.82) is 0 Å². The molecule has 16 heavy (non-hydrogen) atoms. The van der Waals surface area contributed by atoms with Gasteiger partial charge in [-0.25, -0.2) is 0 Å². The van der Waals surface area contributed by atoms with Gasteiger partial charge in [0.2, 0.25) is 0 Å². The number of hydrogen-bond donors (Lipinski definition) is 2. The largest absolute Gasteiger partial charge is 0.328 e. The van der Waals surface area contributed by atoms with E-state index >= 15 is 0 Å². The van der Waals surface area contributed by atoms with Crippen molar-refractivity contribution < 1.29 is 0 Å². The third-order valence-corrected chi connectivity index (χ3v) is 3.49. The van der Waals surface area contributed by atoms with Crippen LogP contribution in [-0.4, -0.2) is 12.6 Å². The second-order valence-corrected chi connectivity index (χ2v) is 5.56. The van der Waals surface area contributed by atoms with E-state index in [1.165, 1.54) is 18.4 Å². The van der Waals surface area contributed by atoms with Crippen LogP contribution in [0.25, 0.3) is 0 Å². The van der Waals surface area contributed by atoms with Gasteiger partial charge in [-0.05, 0) is 54.6 Å². The van der Waals surface area contributed by atoms with Crippen LogP contribution in [0.3, 0.4) is 0 Å². The predicted molar refractivity (Wildman–Crippen MR) is 72.7 cm³/mol. The van der Waals surface area contributed by atoms with Gasteiger partial charge in [0.25, 0.3) is 0 Å². The summed E-state index contributed by atoms with van der Waals surface area (Å²) in [6.45, 7) is 6.50. The Morgan fingerprint density at radius 3 is 2.81 bits per heavy atom. The highest BCUT2D eigenvalue weighted by atomic mass is 32.1. The van der Waals surface area contributed by atoms with Crippen LogP contribution in [-0.2, 0) is 6.54 Å². The van der Waals surface area contributed by atoms with E-state index in [0.29, 0.717) is 6.04 Å². The molecule has 2 nitrogen and oxygen atoms in total. The minimum atomic E-state index is 0.353. The number of thiophene rings is 1. The zero-order chi connectivity index (χ0) is 11.8. The predicted octanol–water partition coefficient (Wildman–Crippen LogP) is 2.99. The topological polar surface area (TPSA) is 38.0 Å². The second kappa shape index (κ2) is 7.82. The van der Waals surface area contributed by atoms with Gasteiger partial charge >= 0.3 is 0 Å². The number of nitrogens with one attached hydrogen (secondary N) is 1. The first kappa shape index (κ1) is 13.7. The number of nitrogens with two attached hydrogens (primary N) is 1. The van der Waals surface area contributed by atoms with Crippen molar-refractivity contribution in [2.75, 3.05) is 6.54 Å². The Morgan fingerprint density at radius 1 is 1.38 bits per heavy atom. The highest BCUT2D eigenvalue weighted by Crippen LogP contribution is 2.09. The standard InChI is InChI=1S/C13H24N2S/c1-11(4-3-5-12(2)14)8-15-9-13-6-7-16-10-13/h6-7,10-12,15H,3-5,8-9,14H2,1-2H3. The van der Waals surface area contributed by atoms with Gasteiger partial charge in [0.1, 0.15) is 0 Å². The Bertz CT molecular complexity index is 257. The van der Waals surface area contributed by atoms with Crippen molar-refractivity contribution in [1.82, 2.24) is 5.32 Å². The molecule has 2 unspecified atom stereocenters. The summed E-state index contributed by atoms with van der Waals surface area (Å²) in [6, 6.07) is 2.53. The molecule has 0 aromatic carbocycles. The molecule has 3 heteroatoms. The molecule has 0 fully saturated rings. The van der Waals surface area contributed by atoms with Crippen LogP contribution in [0.1, 0.15) is 38.7 Å². The maximum atomic E-state index is 5.73. The monoisotopic (exact) mass is 240 g/mol. The first-order valence-corrected chi connectivity index (χ1v) is 7.10. The molecule has 0 saturated heterocycles. The summed E-state index contributed by atoms with van der Waals surface area (Å²) in [5.41, 5.74) is 7.12. The van der Waals surface area contributed by atoms with E-state index in [4.69, 9.17) is 5.73 Å². The van der Waals surface area contributed by atoms with Gasteiger partial charge in [-0.15, -0.1) is 0 Å². The van der Waals surface area contributed by atoms with Crippen LogP contribution in [0.15, 0.2) is 16.8 Å². The molecule has 0 saturated carbocycles. The summed E-state index contributed by atoms with van der Waals surface area (Å²) in [6.07, 6.45) is 3.67. The van der Waals surface area contributed by atoms with Gasteiger partial charge in [-0.1, -0.05) is 13.3 Å². The van der Waals surface area contributed by atoms with Gasteiger partial charge in [-0.3, -0.25) is 0 Å². The van der Waals surface area contributed by atoms with Crippen LogP contribution < -0.4 is 11.1 Å². The van der Waals surface area contributed by atoms with E-state index in [9.17, 15) is 0 Å². The van der Waals surface area contributed by atoms with Crippen LogP contribution in [0.5, 0.6) is 0 Å². The lowest BCUT2D eigenvalue weighted by atomic mass is 10.0. The van der Waals surface area contributed by atoms with Crippen molar-refractivity contribution in [3.05, 3.63) is 22.4 Å². The van der Waals surface area contributed by atoms with Crippen molar-refractivity contribution in [2.24, 2.45) is 11.7 Å². The fraction of sp³-hybridized carbons (Fsp3) is 0.692. The molecule has 0 amide bonds. The summed E-state index contributed by atoms with van der Waals surface area (Å²) >= 11 is 1.76. The maximum Gasteiger partial charge on any atom is 0.0213 e. The van der Waals surface area contributed by atoms with E-state index in [2.05, 4.69) is 36.0 Å². The lowest BCUT2D eigenvalue weighted by molar-refractivity contribution is 0.448. The van der Waals surface area contributed by atoms with Crippen molar-refractivity contribution in [2.45, 2.75) is 45.7 Å². The van der Waals surface area contributed by atoms with Crippen LogP contribution in [0.4, 0.5) is 0 Å². The molecule has 92 valence electrons. The summed E-state index contributed by atoms with van der Waals surface area (Å²) in [4.78, 5) is 0. The molecular formula is C13H24N2S. The smallest absolute Gasteiger partial charge is 0.0213 e. The molecule has 1 aromatic heterocycles. The SMILES string of the molecule is CC(N)CCCC(C)CNCc1ccsc1. The van der Waals surface area contributed by atoms with E-state index in [-0.39, 0.29) is 0 Å². The van der Waals surface area contributed by atoms with Gasteiger partial charge in [-0.2, -0.15) is 11.3 Å². The molecule has 1 aromatic rings. The van der Waals surface area contributed by atoms with Gasteiger partial charge < -0.3 is 11.1 Å².